The van der Waals surface area contributed by atoms with Crippen LogP contribution in [0.1, 0.15) is 50.9 Å². The van der Waals surface area contributed by atoms with Crippen molar-refractivity contribution in [2.45, 2.75) is 52.1 Å². The first-order chi connectivity index (χ1) is 16.5. The van der Waals surface area contributed by atoms with Crippen molar-refractivity contribution < 1.29 is 33.4 Å². The van der Waals surface area contributed by atoms with Crippen LogP contribution in [0.4, 0.5) is 5.69 Å². The summed E-state index contributed by atoms with van der Waals surface area (Å²) >= 11 is 0. The fourth-order valence-corrected chi connectivity index (χ4v) is 4.04. The van der Waals surface area contributed by atoms with E-state index in [0.29, 0.717) is 34.9 Å². The summed E-state index contributed by atoms with van der Waals surface area (Å²) in [6, 6.07) is 9.89. The topological polar surface area (TPSA) is 102 Å². The number of imide groups is 1. The Hall–Kier alpha value is -3.88. The number of hydrogen-bond donors (Lipinski definition) is 0. The number of ether oxygens (including phenoxy) is 3. The number of carbonyl (C=O) groups is 4. The van der Waals surface area contributed by atoms with Crippen LogP contribution in [0.25, 0.3) is 0 Å². The maximum atomic E-state index is 13.7. The van der Waals surface area contributed by atoms with Crippen molar-refractivity contribution >= 4 is 29.4 Å². The number of benzene rings is 2. The minimum Gasteiger partial charge on any atom is -0.493 e. The second kappa shape index (κ2) is 10.2. The van der Waals surface area contributed by atoms with Gasteiger partial charge < -0.3 is 19.1 Å². The average Bonchev–Trinajstić information content (AvgIpc) is 3.11. The summed E-state index contributed by atoms with van der Waals surface area (Å²) in [5.41, 5.74) is -0.0696. The molecule has 0 saturated carbocycles. The van der Waals surface area contributed by atoms with Crippen molar-refractivity contribution in [1.29, 1.82) is 0 Å². The number of carbonyl (C=O) groups excluding carboxylic acids is 4. The molecule has 0 N–H and O–H groups in total. The van der Waals surface area contributed by atoms with E-state index < -0.39 is 35.3 Å². The Morgan fingerprint density at radius 1 is 1.03 bits per heavy atom. The summed E-state index contributed by atoms with van der Waals surface area (Å²) in [5.74, 6) is -0.623. The molecule has 9 nitrogen and oxygen atoms in total. The molecule has 1 fully saturated rings. The van der Waals surface area contributed by atoms with Crippen LogP contribution >= 0.6 is 0 Å². The molecule has 0 spiro atoms. The number of hydrogen-bond acceptors (Lipinski definition) is 7. The van der Waals surface area contributed by atoms with Crippen molar-refractivity contribution in [3.63, 3.8) is 0 Å². The zero-order valence-electron chi connectivity index (χ0n) is 20.8. The Morgan fingerprint density at radius 3 is 2.20 bits per heavy atom. The Bertz CT molecular complexity index is 1140. The van der Waals surface area contributed by atoms with Crippen molar-refractivity contribution in [3.05, 3.63) is 48.0 Å². The number of nitrogens with zero attached hydrogens (tertiary/aromatic N) is 2. The molecule has 1 aliphatic heterocycles. The van der Waals surface area contributed by atoms with Gasteiger partial charge in [-0.25, -0.2) is 4.90 Å². The maximum Gasteiger partial charge on any atom is 0.308 e. The fraction of sp³-hybridized carbons (Fsp3) is 0.385. The average molecular weight is 483 g/mol. The van der Waals surface area contributed by atoms with Crippen molar-refractivity contribution in [2.24, 2.45) is 0 Å². The summed E-state index contributed by atoms with van der Waals surface area (Å²) < 4.78 is 15.6. The van der Waals surface area contributed by atoms with Crippen molar-refractivity contribution in [2.75, 3.05) is 19.1 Å². The Morgan fingerprint density at radius 2 is 1.66 bits per heavy atom. The van der Waals surface area contributed by atoms with E-state index >= 15 is 0 Å². The first-order valence-electron chi connectivity index (χ1n) is 11.2. The number of anilines is 1. The summed E-state index contributed by atoms with van der Waals surface area (Å²) in [5, 5.41) is 0. The second-order valence-corrected chi connectivity index (χ2v) is 8.79. The quantitative estimate of drug-likeness (QED) is 0.322. The van der Waals surface area contributed by atoms with Crippen LogP contribution < -0.4 is 19.1 Å². The highest BCUT2D eigenvalue weighted by Gasteiger charge is 2.48. The molecule has 2 aromatic rings. The van der Waals surface area contributed by atoms with Gasteiger partial charge in [0.15, 0.2) is 11.5 Å². The first kappa shape index (κ1) is 25.7. The molecule has 9 heteroatoms. The van der Waals surface area contributed by atoms with Gasteiger partial charge in [0.05, 0.1) is 26.3 Å². The van der Waals surface area contributed by atoms with Gasteiger partial charge in [-0.2, -0.15) is 0 Å². The molecule has 0 bridgehead atoms. The molecule has 3 amide bonds. The molecule has 2 aromatic carbocycles. The number of esters is 1. The third-order valence-corrected chi connectivity index (χ3v) is 6.16. The van der Waals surface area contributed by atoms with Gasteiger partial charge in [0.2, 0.25) is 5.91 Å². The molecule has 0 aliphatic carbocycles. The van der Waals surface area contributed by atoms with Gasteiger partial charge in [0.1, 0.15) is 11.8 Å². The van der Waals surface area contributed by atoms with Gasteiger partial charge in [-0.05, 0) is 62.7 Å². The van der Waals surface area contributed by atoms with E-state index in [1.54, 1.807) is 18.2 Å². The maximum absolute atomic E-state index is 13.7. The minimum absolute atomic E-state index is 0.146. The lowest BCUT2D eigenvalue weighted by molar-refractivity contribution is -0.132. The van der Waals surface area contributed by atoms with Gasteiger partial charge in [-0.15, -0.1) is 0 Å². The summed E-state index contributed by atoms with van der Waals surface area (Å²) in [4.78, 5) is 54.0. The number of methoxy groups -OCH3 is 2. The van der Waals surface area contributed by atoms with Gasteiger partial charge >= 0.3 is 5.97 Å². The molecular formula is C26H30N2O7. The number of amides is 3. The predicted molar refractivity (Wildman–Crippen MR) is 129 cm³/mol. The molecule has 186 valence electrons. The van der Waals surface area contributed by atoms with Crippen molar-refractivity contribution in [3.8, 4) is 17.2 Å². The van der Waals surface area contributed by atoms with E-state index in [9.17, 15) is 19.2 Å². The number of rotatable bonds is 8. The molecule has 1 heterocycles. The smallest absolute Gasteiger partial charge is 0.308 e. The molecule has 1 atom stereocenters. The third kappa shape index (κ3) is 5.13. The highest BCUT2D eigenvalue weighted by Crippen LogP contribution is 2.35. The lowest BCUT2D eigenvalue weighted by Gasteiger charge is -2.41. The van der Waals surface area contributed by atoms with E-state index in [2.05, 4.69) is 0 Å². The highest BCUT2D eigenvalue weighted by atomic mass is 16.5. The molecule has 1 saturated heterocycles. The zero-order valence-corrected chi connectivity index (χ0v) is 20.8. The lowest BCUT2D eigenvalue weighted by atomic mass is 9.94. The van der Waals surface area contributed by atoms with E-state index in [1.807, 2.05) is 20.8 Å². The van der Waals surface area contributed by atoms with Gasteiger partial charge in [-0.1, -0.05) is 6.92 Å². The summed E-state index contributed by atoms with van der Waals surface area (Å²) in [6.07, 6.45) is 0.411. The van der Waals surface area contributed by atoms with Crippen LogP contribution in [-0.4, -0.2) is 54.4 Å². The molecule has 3 rings (SSSR count). The van der Waals surface area contributed by atoms with Gasteiger partial charge in [0.25, 0.3) is 11.8 Å². The lowest BCUT2D eigenvalue weighted by Crippen LogP contribution is -2.55. The fourth-order valence-electron chi connectivity index (χ4n) is 4.04. The van der Waals surface area contributed by atoms with Crippen LogP contribution in [0, 0.1) is 0 Å². The van der Waals surface area contributed by atoms with Crippen LogP contribution in [0.3, 0.4) is 0 Å². The monoisotopic (exact) mass is 482 g/mol. The SMILES string of the molecule is CCC(C)(C)N(C(=O)c1ccc(OC)c(OC)c1)C1CC(=O)N(c2ccc(OC(C)=O)cc2)C1=O. The zero-order chi connectivity index (χ0) is 25.9. The van der Waals surface area contributed by atoms with Crippen LogP contribution in [0.2, 0.25) is 0 Å². The van der Waals surface area contributed by atoms with Crippen molar-refractivity contribution in [1.82, 2.24) is 4.90 Å². The first-order valence-corrected chi connectivity index (χ1v) is 11.2. The normalized spacial score (nSPS) is 15.7. The predicted octanol–water partition coefficient (Wildman–Crippen LogP) is 3.59. The Labute approximate surface area is 204 Å². The molecule has 1 unspecified atom stereocenters. The van der Waals surface area contributed by atoms with E-state index in [0.717, 1.165) is 4.90 Å². The van der Waals surface area contributed by atoms with Crippen LogP contribution in [0.5, 0.6) is 17.2 Å². The van der Waals surface area contributed by atoms with E-state index in [4.69, 9.17) is 14.2 Å². The Balaban J connectivity index is 1.97. The third-order valence-electron chi connectivity index (χ3n) is 6.16. The molecular weight excluding hydrogens is 452 g/mol. The standard InChI is InChI=1S/C26H30N2O7/c1-7-26(3,4)28(24(31)17-8-13-21(33-5)22(14-17)34-6)20-15-23(30)27(25(20)32)18-9-11-19(12-10-18)35-16(2)29/h8-14,20H,7,15H2,1-6H3. The van der Waals surface area contributed by atoms with E-state index in [-0.39, 0.29) is 6.42 Å². The highest BCUT2D eigenvalue weighted by molar-refractivity contribution is 6.23. The second-order valence-electron chi connectivity index (χ2n) is 8.79. The molecule has 0 radical (unpaired) electrons. The van der Waals surface area contributed by atoms with E-state index in [1.165, 1.54) is 50.3 Å². The van der Waals surface area contributed by atoms with Crippen LogP contribution in [-0.2, 0) is 14.4 Å². The molecule has 35 heavy (non-hydrogen) atoms. The summed E-state index contributed by atoms with van der Waals surface area (Å²) in [7, 11) is 2.98. The molecule has 0 aromatic heterocycles. The molecule has 1 aliphatic rings. The minimum atomic E-state index is -0.980. The largest absolute Gasteiger partial charge is 0.493 e. The summed E-state index contributed by atoms with van der Waals surface area (Å²) in [6.45, 7) is 6.92. The Kier molecular flexibility index (Phi) is 7.48. The van der Waals surface area contributed by atoms with Crippen LogP contribution in [0.15, 0.2) is 42.5 Å². The van der Waals surface area contributed by atoms with Gasteiger partial charge in [-0.3, -0.25) is 19.2 Å². The van der Waals surface area contributed by atoms with Gasteiger partial charge in [0, 0.05) is 18.0 Å².